The van der Waals surface area contributed by atoms with Crippen molar-refractivity contribution in [1.82, 2.24) is 20.5 Å². The van der Waals surface area contributed by atoms with Crippen LogP contribution in [-0.4, -0.2) is 34.3 Å². The van der Waals surface area contributed by atoms with Crippen LogP contribution in [-0.2, 0) is 4.74 Å². The van der Waals surface area contributed by atoms with E-state index in [1.54, 1.807) is 6.20 Å². The SMILES string of the molecule is COC(=O)c1ccc(NC(=O)NC(c2ncccc2C)C(C)C)nn1. The summed E-state index contributed by atoms with van der Waals surface area (Å²) in [5, 5.41) is 13.0. The lowest BCUT2D eigenvalue weighted by molar-refractivity contribution is 0.0593. The molecule has 2 amide bonds. The second kappa shape index (κ2) is 8.18. The molecule has 0 aromatic carbocycles. The predicted molar refractivity (Wildman–Crippen MR) is 92.1 cm³/mol. The minimum atomic E-state index is -0.589. The van der Waals surface area contributed by atoms with Crippen molar-refractivity contribution in [3.05, 3.63) is 47.4 Å². The summed E-state index contributed by atoms with van der Waals surface area (Å²) in [5.74, 6) is -0.216. The van der Waals surface area contributed by atoms with Crippen LogP contribution in [0.1, 0.15) is 41.6 Å². The van der Waals surface area contributed by atoms with E-state index >= 15 is 0 Å². The number of carbonyl (C=O) groups excluding carboxylic acids is 2. The first-order valence-electron chi connectivity index (χ1n) is 7.83. The number of ether oxygens (including phenoxy) is 1. The number of anilines is 1. The Bertz CT molecular complexity index is 746. The molecule has 0 saturated carbocycles. The topological polar surface area (TPSA) is 106 Å². The first-order chi connectivity index (χ1) is 11.9. The Morgan fingerprint density at radius 1 is 1.16 bits per heavy atom. The van der Waals surface area contributed by atoms with Gasteiger partial charge in [0.05, 0.1) is 18.8 Å². The summed E-state index contributed by atoms with van der Waals surface area (Å²) >= 11 is 0. The van der Waals surface area contributed by atoms with Gasteiger partial charge in [-0.3, -0.25) is 10.3 Å². The van der Waals surface area contributed by atoms with Gasteiger partial charge in [-0.15, -0.1) is 10.2 Å². The molecule has 2 aromatic rings. The number of aryl methyl sites for hydroxylation is 1. The molecule has 0 aliphatic carbocycles. The first-order valence-corrected chi connectivity index (χ1v) is 7.83. The molecule has 8 nitrogen and oxygen atoms in total. The summed E-state index contributed by atoms with van der Waals surface area (Å²) < 4.78 is 4.55. The Labute approximate surface area is 146 Å². The molecular weight excluding hydrogens is 322 g/mol. The van der Waals surface area contributed by atoms with Gasteiger partial charge in [0.25, 0.3) is 0 Å². The molecule has 8 heteroatoms. The van der Waals surface area contributed by atoms with Gasteiger partial charge in [0.15, 0.2) is 11.5 Å². The number of amides is 2. The number of esters is 1. The zero-order valence-electron chi connectivity index (χ0n) is 14.6. The Balaban J connectivity index is 2.07. The summed E-state index contributed by atoms with van der Waals surface area (Å²) in [6.45, 7) is 5.96. The number of nitrogens with zero attached hydrogens (tertiary/aromatic N) is 3. The van der Waals surface area contributed by atoms with Crippen molar-refractivity contribution in [1.29, 1.82) is 0 Å². The van der Waals surface area contributed by atoms with Gasteiger partial charge >= 0.3 is 12.0 Å². The molecule has 0 aliphatic heterocycles. The summed E-state index contributed by atoms with van der Waals surface area (Å²) in [4.78, 5) is 28.0. The number of methoxy groups -OCH3 is 1. The van der Waals surface area contributed by atoms with Crippen LogP contribution in [0.2, 0.25) is 0 Å². The number of nitrogens with one attached hydrogen (secondary N) is 2. The Morgan fingerprint density at radius 2 is 1.92 bits per heavy atom. The standard InChI is InChI=1S/C17H21N5O3/c1-10(2)14(15-11(3)6-5-9-18-15)20-17(24)19-13-8-7-12(21-22-13)16(23)25-4/h5-10,14H,1-4H3,(H2,19,20,22,24). The number of urea groups is 1. The van der Waals surface area contributed by atoms with Crippen molar-refractivity contribution >= 4 is 17.8 Å². The summed E-state index contributed by atoms with van der Waals surface area (Å²) in [5.41, 5.74) is 1.89. The third kappa shape index (κ3) is 4.72. The molecule has 1 atom stereocenters. The molecule has 0 spiro atoms. The van der Waals surface area contributed by atoms with Crippen molar-refractivity contribution in [2.75, 3.05) is 12.4 Å². The zero-order valence-corrected chi connectivity index (χ0v) is 14.6. The van der Waals surface area contributed by atoms with Crippen LogP contribution in [0.5, 0.6) is 0 Å². The van der Waals surface area contributed by atoms with Gasteiger partial charge in [0.1, 0.15) is 0 Å². The average molecular weight is 343 g/mol. The zero-order chi connectivity index (χ0) is 18.4. The maximum absolute atomic E-state index is 12.3. The van der Waals surface area contributed by atoms with E-state index in [0.29, 0.717) is 0 Å². The van der Waals surface area contributed by atoms with E-state index < -0.39 is 12.0 Å². The fourth-order valence-corrected chi connectivity index (χ4v) is 2.28. The van der Waals surface area contributed by atoms with Gasteiger partial charge in [-0.1, -0.05) is 19.9 Å². The predicted octanol–water partition coefficient (Wildman–Crippen LogP) is 2.49. The second-order valence-corrected chi connectivity index (χ2v) is 5.82. The molecule has 0 radical (unpaired) electrons. The van der Waals surface area contributed by atoms with Crippen LogP contribution < -0.4 is 10.6 Å². The van der Waals surface area contributed by atoms with E-state index in [9.17, 15) is 9.59 Å². The summed E-state index contributed by atoms with van der Waals surface area (Å²) in [6.07, 6.45) is 1.70. The van der Waals surface area contributed by atoms with Crippen molar-refractivity contribution < 1.29 is 14.3 Å². The highest BCUT2D eigenvalue weighted by Gasteiger charge is 2.21. The molecule has 2 aromatic heterocycles. The van der Waals surface area contributed by atoms with E-state index in [2.05, 4.69) is 30.6 Å². The smallest absolute Gasteiger partial charge is 0.358 e. The molecular formula is C17H21N5O3. The Kier molecular flexibility index (Phi) is 5.99. The van der Waals surface area contributed by atoms with Gasteiger partial charge < -0.3 is 10.1 Å². The molecule has 0 fully saturated rings. The molecule has 2 rings (SSSR count). The van der Waals surface area contributed by atoms with Crippen molar-refractivity contribution in [3.8, 4) is 0 Å². The largest absolute Gasteiger partial charge is 0.464 e. The van der Waals surface area contributed by atoms with Crippen LogP contribution in [0.4, 0.5) is 10.6 Å². The average Bonchev–Trinajstić information content (AvgIpc) is 2.60. The maximum Gasteiger partial charge on any atom is 0.358 e. The number of hydrogen-bond acceptors (Lipinski definition) is 6. The van der Waals surface area contributed by atoms with Crippen LogP contribution in [0.3, 0.4) is 0 Å². The molecule has 1 unspecified atom stereocenters. The number of rotatable bonds is 5. The second-order valence-electron chi connectivity index (χ2n) is 5.82. The highest BCUT2D eigenvalue weighted by atomic mass is 16.5. The molecule has 0 saturated heterocycles. The first kappa shape index (κ1) is 18.3. The van der Waals surface area contributed by atoms with E-state index in [1.807, 2.05) is 32.9 Å². The van der Waals surface area contributed by atoms with Gasteiger partial charge in [-0.25, -0.2) is 9.59 Å². The van der Waals surface area contributed by atoms with Gasteiger partial charge in [0.2, 0.25) is 0 Å². The number of hydrogen-bond donors (Lipinski definition) is 2. The molecule has 0 bridgehead atoms. The molecule has 2 heterocycles. The summed E-state index contributed by atoms with van der Waals surface area (Å²) in [6, 6.07) is 6.04. The molecule has 132 valence electrons. The lowest BCUT2D eigenvalue weighted by Gasteiger charge is -2.23. The minimum Gasteiger partial charge on any atom is -0.464 e. The fraction of sp³-hybridized carbons (Fsp3) is 0.353. The van der Waals surface area contributed by atoms with Crippen molar-refractivity contribution in [2.45, 2.75) is 26.8 Å². The van der Waals surface area contributed by atoms with E-state index in [-0.39, 0.29) is 23.5 Å². The Hall–Kier alpha value is -3.03. The highest BCUT2D eigenvalue weighted by molar-refractivity contribution is 5.89. The van der Waals surface area contributed by atoms with Gasteiger partial charge in [-0.05, 0) is 36.6 Å². The highest BCUT2D eigenvalue weighted by Crippen LogP contribution is 2.22. The Morgan fingerprint density at radius 3 is 2.48 bits per heavy atom. The van der Waals surface area contributed by atoms with Crippen LogP contribution in [0.25, 0.3) is 0 Å². The lowest BCUT2D eigenvalue weighted by Crippen LogP contribution is -2.36. The third-order valence-corrected chi connectivity index (χ3v) is 3.60. The minimum absolute atomic E-state index is 0.0672. The quantitative estimate of drug-likeness (QED) is 0.808. The van der Waals surface area contributed by atoms with E-state index in [1.165, 1.54) is 19.2 Å². The van der Waals surface area contributed by atoms with Gasteiger partial charge in [-0.2, -0.15) is 0 Å². The van der Waals surface area contributed by atoms with E-state index in [4.69, 9.17) is 0 Å². The number of pyridine rings is 1. The normalized spacial score (nSPS) is 11.7. The summed E-state index contributed by atoms with van der Waals surface area (Å²) in [7, 11) is 1.26. The van der Waals surface area contributed by atoms with Crippen molar-refractivity contribution in [3.63, 3.8) is 0 Å². The molecule has 0 aliphatic rings. The van der Waals surface area contributed by atoms with E-state index in [0.717, 1.165) is 11.3 Å². The number of aromatic nitrogens is 3. The number of carbonyl (C=O) groups is 2. The molecule has 2 N–H and O–H groups in total. The lowest BCUT2D eigenvalue weighted by atomic mass is 9.97. The van der Waals surface area contributed by atoms with Gasteiger partial charge in [0, 0.05) is 6.20 Å². The molecule has 25 heavy (non-hydrogen) atoms. The fourth-order valence-electron chi connectivity index (χ4n) is 2.28. The maximum atomic E-state index is 12.3. The van der Waals surface area contributed by atoms with Crippen LogP contribution in [0.15, 0.2) is 30.5 Å². The van der Waals surface area contributed by atoms with Crippen LogP contribution >= 0.6 is 0 Å². The van der Waals surface area contributed by atoms with Crippen molar-refractivity contribution in [2.24, 2.45) is 5.92 Å². The monoisotopic (exact) mass is 343 g/mol. The van der Waals surface area contributed by atoms with Crippen LogP contribution in [0, 0.1) is 12.8 Å². The third-order valence-electron chi connectivity index (χ3n) is 3.60.